The van der Waals surface area contributed by atoms with Crippen LogP contribution in [0.2, 0.25) is 0 Å². The number of nitrogens with zero attached hydrogens (tertiary/aromatic N) is 1. The first-order valence-corrected chi connectivity index (χ1v) is 7.20. The summed E-state index contributed by atoms with van der Waals surface area (Å²) in [5, 5.41) is 9.92. The number of methoxy groups -OCH3 is 3. The predicted octanol–water partition coefficient (Wildman–Crippen LogP) is 0.743. The van der Waals surface area contributed by atoms with Gasteiger partial charge in [0.15, 0.2) is 11.5 Å². The van der Waals surface area contributed by atoms with Gasteiger partial charge in [-0.1, -0.05) is 0 Å². The first-order chi connectivity index (χ1) is 11.8. The van der Waals surface area contributed by atoms with Crippen molar-refractivity contribution in [2.75, 3.05) is 34.9 Å². The van der Waals surface area contributed by atoms with Gasteiger partial charge in [0.2, 0.25) is 5.75 Å². The minimum absolute atomic E-state index is 0.137. The molecule has 1 aromatic carbocycles. The number of ether oxygens (including phenoxy) is 4. The lowest BCUT2D eigenvalue weighted by molar-refractivity contribution is -0.144. The van der Waals surface area contributed by atoms with Crippen LogP contribution in [0, 0.1) is 0 Å². The van der Waals surface area contributed by atoms with Crippen molar-refractivity contribution in [2.45, 2.75) is 6.10 Å². The van der Waals surface area contributed by atoms with Gasteiger partial charge in [-0.3, -0.25) is 5.84 Å². The molecular weight excluding hydrogens is 332 g/mol. The van der Waals surface area contributed by atoms with E-state index in [1.54, 1.807) is 19.2 Å². The average Bonchev–Trinajstić information content (AvgIpc) is 2.57. The third kappa shape index (κ3) is 5.66. The summed E-state index contributed by atoms with van der Waals surface area (Å²) in [6, 6.07) is 3.30. The number of carbonyl (C=O) groups is 2. The molecule has 0 saturated carbocycles. The molecule has 3 N–H and O–H groups in total. The third-order valence-electron chi connectivity index (χ3n) is 3.16. The summed E-state index contributed by atoms with van der Waals surface area (Å²) in [5.74, 6) is 4.70. The maximum atomic E-state index is 11.9. The SMILES string of the molecule is COc1ccc(C(CN(C)N)OC(=O)/C=C/C(=O)O)c(OC)c1OC. The van der Waals surface area contributed by atoms with Gasteiger partial charge in [0.25, 0.3) is 0 Å². The van der Waals surface area contributed by atoms with Crippen LogP contribution in [-0.2, 0) is 14.3 Å². The minimum atomic E-state index is -1.26. The number of rotatable bonds is 9. The quantitative estimate of drug-likeness (QED) is 0.286. The van der Waals surface area contributed by atoms with Crippen LogP contribution in [0.4, 0.5) is 0 Å². The van der Waals surface area contributed by atoms with Gasteiger partial charge in [-0.15, -0.1) is 0 Å². The Morgan fingerprint density at radius 3 is 2.28 bits per heavy atom. The largest absolute Gasteiger partial charge is 0.493 e. The van der Waals surface area contributed by atoms with E-state index in [1.807, 2.05) is 0 Å². The monoisotopic (exact) mass is 354 g/mol. The molecule has 1 unspecified atom stereocenters. The number of esters is 1. The Morgan fingerprint density at radius 1 is 1.16 bits per heavy atom. The summed E-state index contributed by atoms with van der Waals surface area (Å²) in [5.41, 5.74) is 0.495. The minimum Gasteiger partial charge on any atom is -0.493 e. The Morgan fingerprint density at radius 2 is 1.80 bits per heavy atom. The molecule has 0 heterocycles. The highest BCUT2D eigenvalue weighted by molar-refractivity contribution is 5.90. The molecule has 0 aliphatic rings. The van der Waals surface area contributed by atoms with Crippen molar-refractivity contribution in [3.8, 4) is 17.2 Å². The number of likely N-dealkylation sites (N-methyl/N-ethyl adjacent to an activating group) is 1. The zero-order valence-electron chi connectivity index (χ0n) is 14.5. The lowest BCUT2D eigenvalue weighted by atomic mass is 10.1. The smallest absolute Gasteiger partial charge is 0.331 e. The third-order valence-corrected chi connectivity index (χ3v) is 3.16. The van der Waals surface area contributed by atoms with Crippen LogP contribution in [0.3, 0.4) is 0 Å². The molecule has 0 radical (unpaired) electrons. The molecular formula is C16H22N2O7. The lowest BCUT2D eigenvalue weighted by Crippen LogP contribution is -2.32. The van der Waals surface area contributed by atoms with Crippen LogP contribution in [0.5, 0.6) is 17.2 Å². The molecule has 0 saturated heterocycles. The topological polar surface area (TPSA) is 121 Å². The number of hydrazine groups is 1. The van der Waals surface area contributed by atoms with Crippen LogP contribution in [-0.4, -0.2) is 57.0 Å². The summed E-state index contributed by atoms with van der Waals surface area (Å²) in [6.07, 6.45) is 0.687. The van der Waals surface area contributed by atoms with Crippen LogP contribution in [0.1, 0.15) is 11.7 Å². The fraction of sp³-hybridized carbons (Fsp3) is 0.375. The number of carboxylic acid groups (broad SMARTS) is 1. The van der Waals surface area contributed by atoms with Crippen molar-refractivity contribution >= 4 is 11.9 Å². The van der Waals surface area contributed by atoms with E-state index >= 15 is 0 Å². The molecule has 9 nitrogen and oxygen atoms in total. The van der Waals surface area contributed by atoms with E-state index in [2.05, 4.69) is 0 Å². The first-order valence-electron chi connectivity index (χ1n) is 7.20. The standard InChI is InChI=1S/C16H22N2O7/c1-18(17)9-12(25-14(21)8-7-13(19)20)10-5-6-11(22-2)16(24-4)15(10)23-3/h5-8,12H,9,17H2,1-4H3,(H,19,20)/b8-7+. The number of aliphatic carboxylic acids is 1. The summed E-state index contributed by atoms with van der Waals surface area (Å²) in [7, 11) is 5.98. The van der Waals surface area contributed by atoms with Gasteiger partial charge < -0.3 is 24.1 Å². The van der Waals surface area contributed by atoms with Gasteiger partial charge in [0, 0.05) is 24.8 Å². The van der Waals surface area contributed by atoms with E-state index in [9.17, 15) is 9.59 Å². The summed E-state index contributed by atoms with van der Waals surface area (Å²) < 4.78 is 21.2. The maximum absolute atomic E-state index is 11.9. The van der Waals surface area contributed by atoms with Gasteiger partial charge in [-0.2, -0.15) is 0 Å². The Hall–Kier alpha value is -2.78. The zero-order chi connectivity index (χ0) is 19.0. The number of hydrogen-bond donors (Lipinski definition) is 2. The zero-order valence-corrected chi connectivity index (χ0v) is 14.5. The Kier molecular flexibility index (Phi) is 7.70. The number of hydrogen-bond acceptors (Lipinski definition) is 8. The van der Waals surface area contributed by atoms with Gasteiger partial charge in [-0.25, -0.2) is 14.6 Å². The van der Waals surface area contributed by atoms with Crippen LogP contribution in [0.15, 0.2) is 24.3 Å². The van der Waals surface area contributed by atoms with Gasteiger partial charge in [0.1, 0.15) is 6.10 Å². The highest BCUT2D eigenvalue weighted by atomic mass is 16.6. The second-order valence-corrected chi connectivity index (χ2v) is 4.96. The van der Waals surface area contributed by atoms with Crippen molar-refractivity contribution in [2.24, 2.45) is 5.84 Å². The fourth-order valence-electron chi connectivity index (χ4n) is 2.16. The van der Waals surface area contributed by atoms with Crippen LogP contribution < -0.4 is 20.1 Å². The molecule has 1 aromatic rings. The molecule has 0 fully saturated rings. The van der Waals surface area contributed by atoms with Crippen molar-refractivity contribution in [3.63, 3.8) is 0 Å². The molecule has 138 valence electrons. The van der Waals surface area contributed by atoms with Crippen molar-refractivity contribution < 1.29 is 33.6 Å². The summed E-state index contributed by atoms with van der Waals surface area (Å²) in [4.78, 5) is 22.4. The molecule has 9 heteroatoms. The molecule has 0 amide bonds. The highest BCUT2D eigenvalue weighted by Gasteiger charge is 2.25. The van der Waals surface area contributed by atoms with Gasteiger partial charge in [0.05, 0.1) is 27.9 Å². The predicted molar refractivity (Wildman–Crippen MR) is 88.5 cm³/mol. The lowest BCUT2D eigenvalue weighted by Gasteiger charge is -2.24. The molecule has 0 spiro atoms. The number of carbonyl (C=O) groups excluding carboxylic acids is 1. The molecule has 0 aliphatic carbocycles. The van der Waals surface area contributed by atoms with Crippen molar-refractivity contribution in [1.82, 2.24) is 5.01 Å². The van der Waals surface area contributed by atoms with Crippen molar-refractivity contribution in [3.05, 3.63) is 29.8 Å². The number of benzene rings is 1. The number of nitrogens with two attached hydrogens (primary N) is 1. The van der Waals surface area contributed by atoms with E-state index in [1.165, 1.54) is 26.3 Å². The molecule has 0 aliphatic heterocycles. The van der Waals surface area contributed by atoms with E-state index < -0.39 is 18.0 Å². The summed E-state index contributed by atoms with van der Waals surface area (Å²) in [6.45, 7) is 0.137. The first kappa shape index (κ1) is 20.3. The molecule has 0 aromatic heterocycles. The van der Waals surface area contributed by atoms with Crippen LogP contribution in [0.25, 0.3) is 0 Å². The van der Waals surface area contributed by atoms with E-state index in [0.717, 1.165) is 6.08 Å². The second-order valence-electron chi connectivity index (χ2n) is 4.96. The molecule has 25 heavy (non-hydrogen) atoms. The average molecular weight is 354 g/mol. The molecule has 0 bridgehead atoms. The highest BCUT2D eigenvalue weighted by Crippen LogP contribution is 2.42. The van der Waals surface area contributed by atoms with Gasteiger partial charge in [-0.05, 0) is 12.1 Å². The van der Waals surface area contributed by atoms with Crippen LogP contribution >= 0.6 is 0 Å². The molecule has 1 atom stereocenters. The van der Waals surface area contributed by atoms with E-state index in [-0.39, 0.29) is 6.54 Å². The van der Waals surface area contributed by atoms with Gasteiger partial charge >= 0.3 is 11.9 Å². The Bertz CT molecular complexity index is 644. The van der Waals surface area contributed by atoms with E-state index in [0.29, 0.717) is 28.9 Å². The van der Waals surface area contributed by atoms with Crippen molar-refractivity contribution in [1.29, 1.82) is 0 Å². The Balaban J connectivity index is 3.26. The number of carboxylic acids is 1. The maximum Gasteiger partial charge on any atom is 0.331 e. The molecule has 1 rings (SSSR count). The fourth-order valence-corrected chi connectivity index (χ4v) is 2.16. The summed E-state index contributed by atoms with van der Waals surface area (Å²) >= 11 is 0. The normalized spacial score (nSPS) is 12.1. The second kappa shape index (κ2) is 9.50. The van der Waals surface area contributed by atoms with E-state index in [4.69, 9.17) is 29.9 Å². The Labute approximate surface area is 145 Å².